The van der Waals surface area contributed by atoms with Gasteiger partial charge in [-0.1, -0.05) is 61.9 Å². The van der Waals surface area contributed by atoms with Crippen molar-refractivity contribution in [3.8, 4) is 22.6 Å². The predicted octanol–water partition coefficient (Wildman–Crippen LogP) is 6.53. The van der Waals surface area contributed by atoms with Gasteiger partial charge in [-0.3, -0.25) is 4.79 Å². The normalized spacial score (nSPS) is 11.1. The Labute approximate surface area is 206 Å². The van der Waals surface area contributed by atoms with Crippen LogP contribution >= 0.6 is 34.4 Å². The molecule has 0 spiro atoms. The zero-order valence-corrected chi connectivity index (χ0v) is 21.4. The van der Waals surface area contributed by atoms with Gasteiger partial charge in [0.15, 0.2) is 16.1 Å². The number of hydrogen-bond donors (Lipinski definition) is 1. The highest BCUT2D eigenvalue weighted by atomic mass is 32.2. The summed E-state index contributed by atoms with van der Waals surface area (Å²) in [4.78, 5) is 18.5. The number of rotatable bonds is 10. The van der Waals surface area contributed by atoms with E-state index in [4.69, 9.17) is 0 Å². The standard InChI is InChI=1S/C24H27N5OS3/c1-4-6-19-12-18(13-31-19)22-27-28-24(29(22)11-5-2)33-15-21(30)26-23-25-20(14-32-23)17-9-7-16(3)8-10-17/h7-10,12-14H,4-6,11,15H2,1-3H3,(H,25,26,30). The van der Waals surface area contributed by atoms with E-state index < -0.39 is 0 Å². The molecule has 0 fully saturated rings. The topological polar surface area (TPSA) is 72.7 Å². The Hall–Kier alpha value is -2.49. The van der Waals surface area contributed by atoms with Gasteiger partial charge in [-0.25, -0.2) is 4.98 Å². The molecule has 0 saturated carbocycles. The maximum Gasteiger partial charge on any atom is 0.236 e. The highest BCUT2D eigenvalue weighted by molar-refractivity contribution is 7.99. The average Bonchev–Trinajstić information content (AvgIpc) is 3.54. The number of carbonyl (C=O) groups is 1. The number of aryl methyl sites for hydroxylation is 2. The maximum absolute atomic E-state index is 12.6. The second-order valence-electron chi connectivity index (χ2n) is 7.75. The summed E-state index contributed by atoms with van der Waals surface area (Å²) in [5, 5.41) is 17.2. The van der Waals surface area contributed by atoms with Gasteiger partial charge in [0.1, 0.15) is 0 Å². The first-order valence-electron chi connectivity index (χ1n) is 11.0. The van der Waals surface area contributed by atoms with E-state index in [0.29, 0.717) is 5.13 Å². The van der Waals surface area contributed by atoms with Gasteiger partial charge in [0, 0.05) is 33.3 Å². The van der Waals surface area contributed by atoms with E-state index in [1.165, 1.54) is 33.5 Å². The van der Waals surface area contributed by atoms with Gasteiger partial charge < -0.3 is 9.88 Å². The molecule has 1 N–H and O–H groups in total. The van der Waals surface area contributed by atoms with Crippen molar-refractivity contribution in [3.63, 3.8) is 0 Å². The number of aromatic nitrogens is 4. The summed E-state index contributed by atoms with van der Waals surface area (Å²) in [5.41, 5.74) is 4.22. The Morgan fingerprint density at radius 3 is 2.64 bits per heavy atom. The van der Waals surface area contributed by atoms with Crippen LogP contribution in [0.2, 0.25) is 0 Å². The molecule has 0 atom stereocenters. The lowest BCUT2D eigenvalue weighted by atomic mass is 10.1. The zero-order valence-electron chi connectivity index (χ0n) is 19.0. The number of thiazole rings is 1. The summed E-state index contributed by atoms with van der Waals surface area (Å²) in [5.74, 6) is 1.03. The van der Waals surface area contributed by atoms with Gasteiger partial charge >= 0.3 is 0 Å². The van der Waals surface area contributed by atoms with Crippen LogP contribution in [0.3, 0.4) is 0 Å². The number of thioether (sulfide) groups is 1. The molecular formula is C24H27N5OS3. The van der Waals surface area contributed by atoms with Crippen LogP contribution in [0.25, 0.3) is 22.6 Å². The second kappa shape index (κ2) is 11.1. The summed E-state index contributed by atoms with van der Waals surface area (Å²) >= 11 is 4.61. The number of benzene rings is 1. The van der Waals surface area contributed by atoms with Crippen molar-refractivity contribution in [2.45, 2.75) is 51.7 Å². The maximum atomic E-state index is 12.6. The Morgan fingerprint density at radius 2 is 1.88 bits per heavy atom. The third-order valence-corrected chi connectivity index (χ3v) is 7.72. The van der Waals surface area contributed by atoms with Crippen LogP contribution in [0.4, 0.5) is 5.13 Å². The van der Waals surface area contributed by atoms with Crippen LogP contribution in [-0.4, -0.2) is 31.4 Å². The first-order chi connectivity index (χ1) is 16.1. The lowest BCUT2D eigenvalue weighted by Gasteiger charge is -2.08. The Kier molecular flexibility index (Phi) is 7.95. The molecule has 3 aromatic heterocycles. The van der Waals surface area contributed by atoms with E-state index in [1.54, 1.807) is 11.3 Å². The number of nitrogens with zero attached hydrogens (tertiary/aromatic N) is 4. The first-order valence-corrected chi connectivity index (χ1v) is 13.8. The number of hydrogen-bond acceptors (Lipinski definition) is 7. The molecule has 172 valence electrons. The summed E-state index contributed by atoms with van der Waals surface area (Å²) in [6, 6.07) is 10.4. The van der Waals surface area contributed by atoms with E-state index >= 15 is 0 Å². The molecule has 4 rings (SSSR count). The van der Waals surface area contributed by atoms with Gasteiger partial charge in [0.2, 0.25) is 5.91 Å². The molecule has 9 heteroatoms. The van der Waals surface area contributed by atoms with E-state index in [1.807, 2.05) is 17.5 Å². The Bertz CT molecular complexity index is 1210. The number of amides is 1. The predicted molar refractivity (Wildman–Crippen MR) is 139 cm³/mol. The SMILES string of the molecule is CCCc1cc(-c2nnc(SCC(=O)Nc3nc(-c4ccc(C)cc4)cs3)n2CCC)cs1. The molecule has 1 aromatic carbocycles. The molecule has 0 aliphatic carbocycles. The molecule has 0 unspecified atom stereocenters. The fourth-order valence-electron chi connectivity index (χ4n) is 3.38. The van der Waals surface area contributed by atoms with Crippen LogP contribution in [-0.2, 0) is 17.8 Å². The van der Waals surface area contributed by atoms with Crippen LogP contribution in [0.5, 0.6) is 0 Å². The average molecular weight is 498 g/mol. The highest BCUT2D eigenvalue weighted by Crippen LogP contribution is 2.29. The molecule has 1 amide bonds. The summed E-state index contributed by atoms with van der Waals surface area (Å²) in [6.45, 7) is 7.20. The number of thiophene rings is 1. The number of anilines is 1. The van der Waals surface area contributed by atoms with Crippen LogP contribution < -0.4 is 5.32 Å². The van der Waals surface area contributed by atoms with E-state index in [-0.39, 0.29) is 11.7 Å². The second-order valence-corrected chi connectivity index (χ2v) is 10.5. The fraction of sp³-hybridized carbons (Fsp3) is 0.333. The molecule has 3 heterocycles. The summed E-state index contributed by atoms with van der Waals surface area (Å²) < 4.78 is 2.12. The number of carbonyl (C=O) groups excluding carboxylic acids is 1. The lowest BCUT2D eigenvalue weighted by Crippen LogP contribution is -2.14. The van der Waals surface area contributed by atoms with Gasteiger partial charge in [-0.15, -0.1) is 32.9 Å². The van der Waals surface area contributed by atoms with E-state index in [0.717, 1.165) is 53.6 Å². The van der Waals surface area contributed by atoms with E-state index in [9.17, 15) is 4.79 Å². The molecule has 33 heavy (non-hydrogen) atoms. The van der Waals surface area contributed by atoms with Gasteiger partial charge in [-0.2, -0.15) is 0 Å². The van der Waals surface area contributed by atoms with Gasteiger partial charge in [-0.05, 0) is 25.8 Å². The molecule has 0 saturated heterocycles. The van der Waals surface area contributed by atoms with Crippen molar-refractivity contribution < 1.29 is 4.79 Å². The minimum atomic E-state index is -0.0989. The van der Waals surface area contributed by atoms with Crippen LogP contribution in [0, 0.1) is 6.92 Å². The quantitative estimate of drug-likeness (QED) is 0.252. The molecule has 0 aliphatic rings. The van der Waals surface area contributed by atoms with Crippen molar-refractivity contribution in [1.82, 2.24) is 19.7 Å². The largest absolute Gasteiger partial charge is 0.302 e. The molecule has 0 aliphatic heterocycles. The molecular weight excluding hydrogens is 470 g/mol. The van der Waals surface area contributed by atoms with Crippen molar-refractivity contribution >= 4 is 45.5 Å². The zero-order chi connectivity index (χ0) is 23.2. The summed E-state index contributed by atoms with van der Waals surface area (Å²) in [7, 11) is 0. The van der Waals surface area contributed by atoms with Gasteiger partial charge in [0.25, 0.3) is 0 Å². The third kappa shape index (κ3) is 5.90. The molecule has 0 bridgehead atoms. The fourth-order valence-corrected chi connectivity index (χ4v) is 5.85. The van der Waals surface area contributed by atoms with Crippen molar-refractivity contribution in [2.24, 2.45) is 0 Å². The molecule has 6 nitrogen and oxygen atoms in total. The summed E-state index contributed by atoms with van der Waals surface area (Å²) in [6.07, 6.45) is 3.18. The lowest BCUT2D eigenvalue weighted by molar-refractivity contribution is -0.113. The first kappa shape index (κ1) is 23.7. The third-order valence-electron chi connectivity index (χ3n) is 5.00. The Balaban J connectivity index is 1.40. The smallest absolute Gasteiger partial charge is 0.236 e. The molecule has 0 radical (unpaired) electrons. The molecule has 4 aromatic rings. The van der Waals surface area contributed by atoms with Crippen molar-refractivity contribution in [1.29, 1.82) is 0 Å². The monoisotopic (exact) mass is 497 g/mol. The van der Waals surface area contributed by atoms with Crippen molar-refractivity contribution in [2.75, 3.05) is 11.1 Å². The Morgan fingerprint density at radius 1 is 1.06 bits per heavy atom. The van der Waals surface area contributed by atoms with Crippen LogP contribution in [0.15, 0.2) is 46.2 Å². The minimum Gasteiger partial charge on any atom is -0.302 e. The van der Waals surface area contributed by atoms with Crippen molar-refractivity contribution in [3.05, 3.63) is 51.5 Å². The van der Waals surface area contributed by atoms with E-state index in [2.05, 4.69) is 69.4 Å². The van der Waals surface area contributed by atoms with Crippen LogP contribution in [0.1, 0.15) is 37.1 Å². The highest BCUT2D eigenvalue weighted by Gasteiger charge is 2.17. The number of nitrogens with one attached hydrogen (secondary N) is 1. The van der Waals surface area contributed by atoms with Gasteiger partial charge in [0.05, 0.1) is 11.4 Å². The minimum absolute atomic E-state index is 0.0989.